The minimum atomic E-state index is -4.90. The van der Waals surface area contributed by atoms with Crippen LogP contribution in [-0.2, 0) is 28.0 Å². The molecule has 0 aliphatic rings. The van der Waals surface area contributed by atoms with Crippen LogP contribution in [0.15, 0.2) is 81.2 Å². The van der Waals surface area contributed by atoms with Crippen LogP contribution < -0.4 is 20.7 Å². The van der Waals surface area contributed by atoms with Crippen LogP contribution in [0.5, 0.6) is 5.75 Å². The number of amides is 1. The first-order valence-corrected chi connectivity index (χ1v) is 14.8. The Balaban J connectivity index is 1.43. The lowest BCUT2D eigenvalue weighted by Gasteiger charge is -2.14. The number of ether oxygens (including phenoxy) is 1. The molecule has 10 nitrogen and oxygen atoms in total. The molecule has 0 saturated heterocycles. The first kappa shape index (κ1) is 30.6. The third-order valence-electron chi connectivity index (χ3n) is 6.53. The maximum atomic E-state index is 13.3. The molecular formula is C28H20F4N4O6S2. The third kappa shape index (κ3) is 5.98. The average Bonchev–Trinajstić information content (AvgIpc) is 3.37. The van der Waals surface area contributed by atoms with E-state index >= 15 is 0 Å². The van der Waals surface area contributed by atoms with Gasteiger partial charge in [-0.15, -0.1) is 0 Å². The maximum Gasteiger partial charge on any atom is 0.431 e. The number of carbonyl (C=O) groups is 1. The first-order valence-electron chi connectivity index (χ1n) is 12.5. The highest BCUT2D eigenvalue weighted by molar-refractivity contribution is 7.90. The van der Waals surface area contributed by atoms with Crippen molar-refractivity contribution in [2.75, 3.05) is 6.61 Å². The summed E-state index contributed by atoms with van der Waals surface area (Å²) in [6, 6.07) is 13.5. The van der Waals surface area contributed by atoms with Crippen LogP contribution in [0.25, 0.3) is 27.0 Å². The van der Waals surface area contributed by atoms with Crippen molar-refractivity contribution in [3.63, 3.8) is 0 Å². The van der Waals surface area contributed by atoms with Crippen molar-refractivity contribution in [1.29, 1.82) is 0 Å². The smallest absolute Gasteiger partial charge is 0.431 e. The fourth-order valence-corrected chi connectivity index (χ4v) is 6.08. The van der Waals surface area contributed by atoms with Crippen LogP contribution >= 0.6 is 11.5 Å². The number of nitrogens with one attached hydrogen (secondary N) is 1. The molecular weight excluding hydrogens is 628 g/mol. The normalized spacial score (nSPS) is 12.0. The van der Waals surface area contributed by atoms with Crippen molar-refractivity contribution in [1.82, 2.24) is 18.2 Å². The van der Waals surface area contributed by atoms with Gasteiger partial charge in [0.2, 0.25) is 0 Å². The predicted molar refractivity (Wildman–Crippen MR) is 153 cm³/mol. The van der Waals surface area contributed by atoms with E-state index in [2.05, 4.69) is 4.37 Å². The Morgan fingerprint density at radius 1 is 1.02 bits per heavy atom. The monoisotopic (exact) mass is 648 g/mol. The highest BCUT2D eigenvalue weighted by atomic mass is 32.2. The second-order valence-corrected chi connectivity index (χ2v) is 12.0. The van der Waals surface area contributed by atoms with E-state index in [-0.39, 0.29) is 16.3 Å². The first-order chi connectivity index (χ1) is 20.7. The van der Waals surface area contributed by atoms with E-state index in [1.807, 2.05) is 4.72 Å². The van der Waals surface area contributed by atoms with Gasteiger partial charge in [0.1, 0.15) is 17.3 Å². The largest absolute Gasteiger partial charge is 0.484 e. The minimum absolute atomic E-state index is 0.0300. The highest BCUT2D eigenvalue weighted by Gasteiger charge is 2.35. The van der Waals surface area contributed by atoms with E-state index < -0.39 is 51.5 Å². The summed E-state index contributed by atoms with van der Waals surface area (Å²) in [5.41, 5.74) is -2.01. The number of nitrogens with zero attached hydrogens (tertiary/aromatic N) is 3. The standard InChI is InChI=1S/C28H20F4N4O6S2/c1-15-3-7-18(42-14-24(37)34-44(40,41)19-8-4-16(29)5-9-19)12-20(15)26-21-11-17(6-10-22(21)43-33-26)36-25(38)13-23(28(30,31)32)35(2)27(36)39/h3-13H,14H2,1-2H3,(H,34,37). The Labute approximate surface area is 250 Å². The van der Waals surface area contributed by atoms with Gasteiger partial charge in [-0.05, 0) is 78.6 Å². The number of benzene rings is 3. The topological polar surface area (TPSA) is 129 Å². The molecule has 2 aromatic heterocycles. The predicted octanol–water partition coefficient (Wildman–Crippen LogP) is 4.16. The fraction of sp³-hybridized carbons (Fsp3) is 0.143. The SMILES string of the molecule is Cc1ccc(OCC(=O)NS(=O)(=O)c2ccc(F)cc2)cc1-c1nsc2ccc(-n3c(=O)cc(C(F)(F)F)n(C)c3=O)cc12. The molecule has 44 heavy (non-hydrogen) atoms. The zero-order valence-electron chi connectivity index (χ0n) is 22.7. The molecule has 0 spiro atoms. The summed E-state index contributed by atoms with van der Waals surface area (Å²) in [5.74, 6) is -1.44. The highest BCUT2D eigenvalue weighted by Crippen LogP contribution is 2.35. The molecule has 0 fully saturated rings. The zero-order chi connectivity index (χ0) is 32.0. The molecule has 0 radical (unpaired) electrons. The number of hydrogen-bond acceptors (Lipinski definition) is 8. The summed E-state index contributed by atoms with van der Waals surface area (Å²) in [6.45, 7) is 1.09. The number of aromatic nitrogens is 3. The van der Waals surface area contributed by atoms with Gasteiger partial charge in [-0.25, -0.2) is 26.9 Å². The van der Waals surface area contributed by atoms with E-state index in [4.69, 9.17) is 4.74 Å². The minimum Gasteiger partial charge on any atom is -0.484 e. The summed E-state index contributed by atoms with van der Waals surface area (Å²) in [7, 11) is -3.34. The molecule has 0 saturated carbocycles. The van der Waals surface area contributed by atoms with Crippen molar-refractivity contribution in [2.45, 2.75) is 18.0 Å². The second-order valence-electron chi connectivity index (χ2n) is 9.50. The Hall–Kier alpha value is -4.83. The summed E-state index contributed by atoms with van der Waals surface area (Å²) >= 11 is 1.10. The van der Waals surface area contributed by atoms with Crippen LogP contribution in [0.4, 0.5) is 17.6 Å². The number of fused-ring (bicyclic) bond motifs is 1. The number of hydrogen-bond donors (Lipinski definition) is 1. The van der Waals surface area contributed by atoms with E-state index in [1.165, 1.54) is 12.1 Å². The average molecular weight is 649 g/mol. The number of aryl methyl sites for hydroxylation is 1. The lowest BCUT2D eigenvalue weighted by Crippen LogP contribution is -2.40. The van der Waals surface area contributed by atoms with Crippen LogP contribution in [0, 0.1) is 12.7 Å². The molecule has 2 heterocycles. The third-order valence-corrected chi connectivity index (χ3v) is 8.74. The van der Waals surface area contributed by atoms with Gasteiger partial charge in [-0.3, -0.25) is 14.2 Å². The van der Waals surface area contributed by atoms with Crippen molar-refractivity contribution < 1.29 is 35.5 Å². The van der Waals surface area contributed by atoms with Crippen molar-refractivity contribution in [2.24, 2.45) is 7.05 Å². The van der Waals surface area contributed by atoms with Gasteiger partial charge in [0.15, 0.2) is 6.61 Å². The second kappa shape index (κ2) is 11.3. The number of sulfonamides is 1. The quantitative estimate of drug-likeness (QED) is 0.263. The van der Waals surface area contributed by atoms with E-state index in [0.717, 1.165) is 48.4 Å². The lowest BCUT2D eigenvalue weighted by molar-refractivity contribution is -0.144. The van der Waals surface area contributed by atoms with Gasteiger partial charge in [-0.2, -0.15) is 17.5 Å². The van der Waals surface area contributed by atoms with E-state index in [1.54, 1.807) is 31.2 Å². The molecule has 16 heteroatoms. The molecule has 0 aliphatic carbocycles. The van der Waals surface area contributed by atoms with Gasteiger partial charge in [0.25, 0.3) is 21.5 Å². The van der Waals surface area contributed by atoms with Gasteiger partial charge in [-0.1, -0.05) is 6.07 Å². The Morgan fingerprint density at radius 2 is 1.73 bits per heavy atom. The summed E-state index contributed by atoms with van der Waals surface area (Å²) in [6.07, 6.45) is -4.90. The molecule has 1 N–H and O–H groups in total. The van der Waals surface area contributed by atoms with Crippen molar-refractivity contribution in [3.05, 3.63) is 105 Å². The number of carbonyl (C=O) groups excluding carboxylic acids is 1. The molecule has 0 atom stereocenters. The summed E-state index contributed by atoms with van der Waals surface area (Å²) in [5, 5.41) is 0.490. The Kier molecular flexibility index (Phi) is 7.90. The molecule has 228 valence electrons. The molecule has 5 aromatic rings. The number of alkyl halides is 3. The molecule has 3 aromatic carbocycles. The molecule has 0 aliphatic heterocycles. The van der Waals surface area contributed by atoms with Crippen LogP contribution in [0.1, 0.15) is 11.3 Å². The summed E-state index contributed by atoms with van der Waals surface area (Å²) in [4.78, 5) is 37.5. The van der Waals surface area contributed by atoms with Gasteiger partial charge >= 0.3 is 11.9 Å². The van der Waals surface area contributed by atoms with Gasteiger partial charge in [0, 0.05) is 24.1 Å². The Morgan fingerprint density at radius 3 is 2.41 bits per heavy atom. The fourth-order valence-electron chi connectivity index (χ4n) is 4.34. The van der Waals surface area contributed by atoms with Crippen LogP contribution in [-0.4, -0.2) is 34.4 Å². The van der Waals surface area contributed by atoms with Crippen LogP contribution in [0.3, 0.4) is 0 Å². The van der Waals surface area contributed by atoms with Gasteiger partial charge in [0.05, 0.1) is 21.0 Å². The van der Waals surface area contributed by atoms with Crippen LogP contribution in [0.2, 0.25) is 0 Å². The molecule has 1 amide bonds. The number of halogens is 4. The van der Waals surface area contributed by atoms with Crippen molar-refractivity contribution in [3.8, 4) is 22.7 Å². The number of rotatable bonds is 7. The lowest BCUT2D eigenvalue weighted by atomic mass is 10.0. The molecule has 0 unspecified atom stereocenters. The molecule has 5 rings (SSSR count). The van der Waals surface area contributed by atoms with E-state index in [0.29, 0.717) is 36.5 Å². The van der Waals surface area contributed by atoms with E-state index in [9.17, 15) is 40.4 Å². The summed E-state index contributed by atoms with van der Waals surface area (Å²) < 4.78 is 91.2. The maximum absolute atomic E-state index is 13.3. The van der Waals surface area contributed by atoms with Gasteiger partial charge < -0.3 is 4.74 Å². The van der Waals surface area contributed by atoms with Crippen molar-refractivity contribution >= 4 is 37.5 Å². The zero-order valence-corrected chi connectivity index (χ0v) is 24.3. The Bertz CT molecular complexity index is 2150. The molecule has 0 bridgehead atoms.